The summed E-state index contributed by atoms with van der Waals surface area (Å²) in [5.41, 5.74) is 2.97. The van der Waals surface area contributed by atoms with Gasteiger partial charge in [0, 0.05) is 37.0 Å². The first-order chi connectivity index (χ1) is 11.4. The summed E-state index contributed by atoms with van der Waals surface area (Å²) in [6.07, 6.45) is 2.70. The van der Waals surface area contributed by atoms with Gasteiger partial charge in [0.15, 0.2) is 0 Å². The van der Waals surface area contributed by atoms with Crippen molar-refractivity contribution in [1.82, 2.24) is 19.7 Å². The van der Waals surface area contributed by atoms with Crippen molar-refractivity contribution < 1.29 is 9.90 Å². The minimum absolute atomic E-state index is 0.00774. The molecule has 2 heterocycles. The lowest BCUT2D eigenvalue weighted by atomic mass is 10.0. The molecule has 1 amide bonds. The number of H-pyrrole nitrogens is 1. The van der Waals surface area contributed by atoms with Crippen molar-refractivity contribution in [3.8, 4) is 0 Å². The zero-order chi connectivity index (χ0) is 17.4. The number of nitrogens with zero attached hydrogens (tertiary/aromatic N) is 3. The number of rotatable bonds is 6. The summed E-state index contributed by atoms with van der Waals surface area (Å²) in [4.78, 5) is 29.5. The fourth-order valence-corrected chi connectivity index (χ4v) is 3.44. The van der Waals surface area contributed by atoms with Gasteiger partial charge in [-0.3, -0.25) is 14.3 Å². The zero-order valence-electron chi connectivity index (χ0n) is 14.4. The Bertz CT molecular complexity index is 832. The van der Waals surface area contributed by atoms with Crippen LogP contribution in [0.3, 0.4) is 0 Å². The highest BCUT2D eigenvalue weighted by atomic mass is 16.3. The van der Waals surface area contributed by atoms with Crippen molar-refractivity contribution in [3.63, 3.8) is 0 Å². The van der Waals surface area contributed by atoms with Gasteiger partial charge in [-0.2, -0.15) is 5.10 Å². The lowest BCUT2D eigenvalue weighted by Crippen LogP contribution is -2.36. The fraction of sp³-hybridized carbons (Fsp3) is 0.588. The normalized spacial score (nSPS) is 14.3. The third-order valence-electron chi connectivity index (χ3n) is 4.79. The molecule has 7 nitrogen and oxygen atoms in total. The van der Waals surface area contributed by atoms with Crippen LogP contribution in [-0.2, 0) is 18.3 Å². The van der Waals surface area contributed by atoms with E-state index in [4.69, 9.17) is 5.11 Å². The zero-order valence-corrected chi connectivity index (χ0v) is 14.4. The Balaban J connectivity index is 1.83. The van der Waals surface area contributed by atoms with Gasteiger partial charge in [-0.25, -0.2) is 0 Å². The number of hydrogen-bond donors (Lipinski definition) is 2. The molecule has 130 valence electrons. The number of aromatic amines is 1. The fourth-order valence-electron chi connectivity index (χ4n) is 3.44. The summed E-state index contributed by atoms with van der Waals surface area (Å²) in [6.45, 7) is 4.18. The minimum atomic E-state index is -0.157. The smallest absolute Gasteiger partial charge is 0.253 e. The molecule has 0 atom stereocenters. The van der Waals surface area contributed by atoms with Crippen LogP contribution in [0.1, 0.15) is 36.1 Å². The van der Waals surface area contributed by atoms with Crippen LogP contribution in [0, 0.1) is 13.8 Å². The largest absolute Gasteiger partial charge is 0.395 e. The standard InChI is InChI=1S/C17H24N4O3/c1-10-13(6-7-14(23)21(8-9-22)12-4-5-12)17(24)18-16-15(10)11(2)19-20(16)3/h12,22H,4-9H2,1-3H3,(H,18,24). The number of nitrogens with one attached hydrogen (secondary N) is 1. The SMILES string of the molecule is Cc1nn(C)c2[nH]c(=O)c(CCC(=O)N(CCO)C3CC3)c(C)c12. The van der Waals surface area contributed by atoms with Gasteiger partial charge in [0.05, 0.1) is 12.3 Å². The van der Waals surface area contributed by atoms with Crippen molar-refractivity contribution in [2.75, 3.05) is 13.2 Å². The van der Waals surface area contributed by atoms with E-state index in [2.05, 4.69) is 10.1 Å². The first-order valence-electron chi connectivity index (χ1n) is 8.39. The van der Waals surface area contributed by atoms with Gasteiger partial charge in [-0.15, -0.1) is 0 Å². The molecule has 0 spiro atoms. The van der Waals surface area contributed by atoms with Gasteiger partial charge >= 0.3 is 0 Å². The van der Waals surface area contributed by atoms with E-state index < -0.39 is 0 Å². The molecule has 1 fully saturated rings. The molecule has 1 aliphatic carbocycles. The number of aromatic nitrogens is 3. The Labute approximate surface area is 140 Å². The van der Waals surface area contributed by atoms with Crippen LogP contribution in [0.4, 0.5) is 0 Å². The van der Waals surface area contributed by atoms with Gasteiger partial charge in [0.2, 0.25) is 5.91 Å². The second-order valence-corrected chi connectivity index (χ2v) is 6.53. The third kappa shape index (κ3) is 2.96. The van der Waals surface area contributed by atoms with Crippen molar-refractivity contribution in [2.24, 2.45) is 7.05 Å². The molecule has 3 rings (SSSR count). The maximum Gasteiger partial charge on any atom is 0.253 e. The molecule has 0 bridgehead atoms. The highest BCUT2D eigenvalue weighted by molar-refractivity contribution is 5.83. The summed E-state index contributed by atoms with van der Waals surface area (Å²) < 4.78 is 1.67. The first-order valence-corrected chi connectivity index (χ1v) is 8.39. The molecule has 2 aromatic heterocycles. The molecule has 0 saturated heterocycles. The van der Waals surface area contributed by atoms with E-state index in [0.29, 0.717) is 24.2 Å². The molecule has 1 aliphatic rings. The Hall–Kier alpha value is -2.15. The number of carbonyl (C=O) groups is 1. The average Bonchev–Trinajstić information content (AvgIpc) is 3.31. The second kappa shape index (κ2) is 6.39. The number of aryl methyl sites for hydroxylation is 3. The van der Waals surface area contributed by atoms with Crippen LogP contribution in [0.25, 0.3) is 11.0 Å². The summed E-state index contributed by atoms with van der Waals surface area (Å²) in [6, 6.07) is 0.270. The van der Waals surface area contributed by atoms with Crippen LogP contribution in [-0.4, -0.2) is 49.9 Å². The number of aliphatic hydroxyl groups excluding tert-OH is 1. The van der Waals surface area contributed by atoms with Crippen molar-refractivity contribution >= 4 is 16.9 Å². The van der Waals surface area contributed by atoms with Crippen LogP contribution in [0.2, 0.25) is 0 Å². The third-order valence-corrected chi connectivity index (χ3v) is 4.79. The lowest BCUT2D eigenvalue weighted by molar-refractivity contribution is -0.132. The molecular weight excluding hydrogens is 308 g/mol. The lowest BCUT2D eigenvalue weighted by Gasteiger charge is -2.21. The molecule has 2 aromatic rings. The monoisotopic (exact) mass is 332 g/mol. The predicted molar refractivity (Wildman–Crippen MR) is 91.0 cm³/mol. The van der Waals surface area contributed by atoms with E-state index in [1.807, 2.05) is 13.8 Å². The number of aliphatic hydroxyl groups is 1. The highest BCUT2D eigenvalue weighted by Gasteiger charge is 2.31. The number of carbonyl (C=O) groups excluding carboxylic acids is 1. The Kier molecular flexibility index (Phi) is 4.45. The maximum absolute atomic E-state index is 12.4. The topological polar surface area (TPSA) is 91.2 Å². The van der Waals surface area contributed by atoms with E-state index in [1.165, 1.54) is 0 Å². The van der Waals surface area contributed by atoms with Gasteiger partial charge in [0.25, 0.3) is 5.56 Å². The average molecular weight is 332 g/mol. The van der Waals surface area contributed by atoms with E-state index in [0.717, 1.165) is 29.5 Å². The quantitative estimate of drug-likeness (QED) is 0.818. The number of amides is 1. The van der Waals surface area contributed by atoms with Crippen molar-refractivity contribution in [1.29, 1.82) is 0 Å². The second-order valence-electron chi connectivity index (χ2n) is 6.53. The first kappa shape index (κ1) is 16.7. The van der Waals surface area contributed by atoms with E-state index in [9.17, 15) is 9.59 Å². The molecule has 0 unspecified atom stereocenters. The Morgan fingerprint density at radius 3 is 2.75 bits per heavy atom. The number of hydrogen-bond acceptors (Lipinski definition) is 4. The van der Waals surface area contributed by atoms with Gasteiger partial charge in [-0.1, -0.05) is 0 Å². The van der Waals surface area contributed by atoms with Crippen LogP contribution >= 0.6 is 0 Å². The van der Waals surface area contributed by atoms with Gasteiger partial charge in [-0.05, 0) is 38.7 Å². The van der Waals surface area contributed by atoms with Crippen LogP contribution in [0.15, 0.2) is 4.79 Å². The summed E-state index contributed by atoms with van der Waals surface area (Å²) >= 11 is 0. The minimum Gasteiger partial charge on any atom is -0.395 e. The van der Waals surface area contributed by atoms with E-state index >= 15 is 0 Å². The predicted octanol–water partition coefficient (Wildman–Crippen LogP) is 0.794. The number of fused-ring (bicyclic) bond motifs is 1. The molecule has 0 radical (unpaired) electrons. The molecule has 0 aromatic carbocycles. The van der Waals surface area contributed by atoms with Gasteiger partial charge < -0.3 is 15.0 Å². The number of pyridine rings is 1. The maximum atomic E-state index is 12.4. The molecular formula is C17H24N4O3. The molecule has 24 heavy (non-hydrogen) atoms. The van der Waals surface area contributed by atoms with Crippen LogP contribution < -0.4 is 5.56 Å². The highest BCUT2D eigenvalue weighted by Crippen LogP contribution is 2.27. The summed E-state index contributed by atoms with van der Waals surface area (Å²) in [5, 5.41) is 14.4. The van der Waals surface area contributed by atoms with Crippen LogP contribution in [0.5, 0.6) is 0 Å². The Morgan fingerprint density at radius 2 is 2.12 bits per heavy atom. The summed E-state index contributed by atoms with van der Waals surface area (Å²) in [7, 11) is 1.80. The van der Waals surface area contributed by atoms with E-state index in [1.54, 1.807) is 16.6 Å². The summed E-state index contributed by atoms with van der Waals surface area (Å²) in [5.74, 6) is 0.00774. The van der Waals surface area contributed by atoms with Crippen molar-refractivity contribution in [2.45, 2.75) is 45.6 Å². The van der Waals surface area contributed by atoms with Gasteiger partial charge in [0.1, 0.15) is 5.65 Å². The Morgan fingerprint density at radius 1 is 1.42 bits per heavy atom. The molecule has 7 heteroatoms. The molecule has 2 N–H and O–H groups in total. The molecule has 0 aliphatic heterocycles. The molecule has 1 saturated carbocycles. The van der Waals surface area contributed by atoms with E-state index in [-0.39, 0.29) is 30.5 Å². The van der Waals surface area contributed by atoms with Crippen molar-refractivity contribution in [3.05, 3.63) is 27.2 Å².